The number of hydrogen-bond acceptors (Lipinski definition) is 4. The first-order valence-corrected chi connectivity index (χ1v) is 9.16. The third kappa shape index (κ3) is 4.42. The van der Waals surface area contributed by atoms with Crippen LogP contribution in [0, 0.1) is 0 Å². The molecule has 2 N–H and O–H groups in total. The Morgan fingerprint density at radius 2 is 2.26 bits per heavy atom. The Labute approximate surface area is 124 Å². The number of benzene rings is 1. The van der Waals surface area contributed by atoms with E-state index in [9.17, 15) is 5.11 Å². The van der Waals surface area contributed by atoms with E-state index in [1.165, 1.54) is 10.5 Å². The number of rotatable bonds is 6. The van der Waals surface area contributed by atoms with Crippen molar-refractivity contribution < 1.29 is 5.11 Å². The second-order valence-electron chi connectivity index (χ2n) is 5.32. The van der Waals surface area contributed by atoms with Gasteiger partial charge in [-0.25, -0.2) is 0 Å². The van der Waals surface area contributed by atoms with Crippen LogP contribution in [0.1, 0.15) is 18.9 Å². The lowest BCUT2D eigenvalue weighted by Crippen LogP contribution is -2.44. The zero-order chi connectivity index (χ0) is 13.7. The van der Waals surface area contributed by atoms with Crippen LogP contribution in [0.15, 0.2) is 29.2 Å². The molecule has 1 fully saturated rings. The van der Waals surface area contributed by atoms with Gasteiger partial charge in [-0.1, -0.05) is 18.2 Å². The summed E-state index contributed by atoms with van der Waals surface area (Å²) >= 11 is 3.65. The van der Waals surface area contributed by atoms with E-state index < -0.39 is 5.60 Å². The average molecular weight is 297 g/mol. The first-order chi connectivity index (χ1) is 9.13. The summed E-state index contributed by atoms with van der Waals surface area (Å²) in [6.45, 7) is 2.91. The fourth-order valence-corrected chi connectivity index (χ4v) is 4.30. The van der Waals surface area contributed by atoms with E-state index in [1.54, 1.807) is 11.8 Å². The summed E-state index contributed by atoms with van der Waals surface area (Å²) in [6, 6.07) is 8.95. The molecular weight excluding hydrogens is 274 g/mol. The van der Waals surface area contributed by atoms with Gasteiger partial charge in [0.2, 0.25) is 0 Å². The van der Waals surface area contributed by atoms with Gasteiger partial charge in [0.15, 0.2) is 0 Å². The Morgan fingerprint density at radius 3 is 2.95 bits per heavy atom. The highest BCUT2D eigenvalue weighted by Gasteiger charge is 2.31. The standard InChI is InChI=1S/C15H23NOS2/c1-12(16-10-15(17)7-8-19-11-15)9-13-5-3-4-6-14(13)18-2/h3-6,12,16-17H,7-11H2,1-2H3/t12-,15-/m0/s1. The van der Waals surface area contributed by atoms with Crippen molar-refractivity contribution in [1.82, 2.24) is 5.32 Å². The summed E-state index contributed by atoms with van der Waals surface area (Å²) in [7, 11) is 0. The lowest BCUT2D eigenvalue weighted by atomic mass is 10.0. The van der Waals surface area contributed by atoms with Crippen molar-refractivity contribution in [2.75, 3.05) is 24.3 Å². The van der Waals surface area contributed by atoms with Crippen LogP contribution in [-0.2, 0) is 6.42 Å². The third-order valence-corrected chi connectivity index (χ3v) is 5.65. The van der Waals surface area contributed by atoms with Gasteiger partial charge in [0, 0.05) is 23.2 Å². The zero-order valence-electron chi connectivity index (χ0n) is 11.7. The fraction of sp³-hybridized carbons (Fsp3) is 0.600. The van der Waals surface area contributed by atoms with Crippen molar-refractivity contribution in [3.05, 3.63) is 29.8 Å². The molecule has 19 heavy (non-hydrogen) atoms. The van der Waals surface area contributed by atoms with Crippen LogP contribution in [0.4, 0.5) is 0 Å². The highest BCUT2D eigenvalue weighted by Crippen LogP contribution is 2.27. The van der Waals surface area contributed by atoms with E-state index in [0.29, 0.717) is 12.6 Å². The molecule has 0 amide bonds. The minimum atomic E-state index is -0.488. The average Bonchev–Trinajstić information content (AvgIpc) is 2.85. The fourth-order valence-electron chi connectivity index (χ4n) is 2.37. The van der Waals surface area contributed by atoms with E-state index in [1.807, 2.05) is 11.8 Å². The molecule has 0 unspecified atom stereocenters. The number of nitrogens with one attached hydrogen (secondary N) is 1. The maximum Gasteiger partial charge on any atom is 0.0869 e. The van der Waals surface area contributed by atoms with Crippen molar-refractivity contribution in [1.29, 1.82) is 0 Å². The minimum absolute atomic E-state index is 0.392. The normalized spacial score (nSPS) is 24.6. The van der Waals surface area contributed by atoms with Gasteiger partial charge in [-0.15, -0.1) is 11.8 Å². The Balaban J connectivity index is 1.85. The molecule has 4 heteroatoms. The van der Waals surface area contributed by atoms with Crippen LogP contribution < -0.4 is 5.32 Å². The van der Waals surface area contributed by atoms with Crippen LogP contribution in [0.3, 0.4) is 0 Å². The molecule has 2 nitrogen and oxygen atoms in total. The van der Waals surface area contributed by atoms with Crippen LogP contribution in [-0.4, -0.2) is 41.1 Å². The van der Waals surface area contributed by atoms with E-state index in [-0.39, 0.29) is 0 Å². The van der Waals surface area contributed by atoms with E-state index in [2.05, 4.69) is 42.8 Å². The molecule has 1 aliphatic rings. The highest BCUT2D eigenvalue weighted by atomic mass is 32.2. The first-order valence-electron chi connectivity index (χ1n) is 6.78. The molecule has 0 radical (unpaired) electrons. The smallest absolute Gasteiger partial charge is 0.0869 e. The van der Waals surface area contributed by atoms with Crippen molar-refractivity contribution in [3.8, 4) is 0 Å². The Bertz CT molecular complexity index is 405. The summed E-state index contributed by atoms with van der Waals surface area (Å²) in [5.74, 6) is 1.95. The second kappa shape index (κ2) is 7.02. The first kappa shape index (κ1) is 15.2. The van der Waals surface area contributed by atoms with E-state index >= 15 is 0 Å². The van der Waals surface area contributed by atoms with E-state index in [4.69, 9.17) is 0 Å². The molecule has 1 saturated heterocycles. The molecule has 1 aromatic rings. The Hall–Kier alpha value is -0.160. The summed E-state index contributed by atoms with van der Waals surface area (Å²) < 4.78 is 0. The summed E-state index contributed by atoms with van der Waals surface area (Å²) in [5, 5.41) is 13.8. The quantitative estimate of drug-likeness (QED) is 0.791. The topological polar surface area (TPSA) is 32.3 Å². The molecular formula is C15H23NOS2. The maximum atomic E-state index is 10.3. The molecule has 1 aromatic carbocycles. The van der Waals surface area contributed by atoms with Crippen molar-refractivity contribution >= 4 is 23.5 Å². The lowest BCUT2D eigenvalue weighted by molar-refractivity contribution is 0.0651. The summed E-state index contributed by atoms with van der Waals surface area (Å²) in [4.78, 5) is 1.35. The lowest BCUT2D eigenvalue weighted by Gasteiger charge is -2.25. The van der Waals surface area contributed by atoms with Gasteiger partial charge in [0.05, 0.1) is 5.60 Å². The second-order valence-corrected chi connectivity index (χ2v) is 7.28. The predicted molar refractivity (Wildman–Crippen MR) is 86.3 cm³/mol. The third-order valence-electron chi connectivity index (χ3n) is 3.58. The van der Waals surface area contributed by atoms with Crippen LogP contribution in [0.5, 0.6) is 0 Å². The SMILES string of the molecule is CSc1ccccc1C[C@H](C)NC[C@@]1(O)CCSC1. The molecule has 1 heterocycles. The van der Waals surface area contributed by atoms with Gasteiger partial charge in [-0.2, -0.15) is 11.8 Å². The van der Waals surface area contributed by atoms with E-state index in [0.717, 1.165) is 24.3 Å². The van der Waals surface area contributed by atoms with Gasteiger partial charge < -0.3 is 10.4 Å². The van der Waals surface area contributed by atoms with Crippen LogP contribution in [0.25, 0.3) is 0 Å². The van der Waals surface area contributed by atoms with Gasteiger partial charge in [-0.3, -0.25) is 0 Å². The number of thioether (sulfide) groups is 2. The molecule has 106 valence electrons. The largest absolute Gasteiger partial charge is 0.388 e. The summed E-state index contributed by atoms with van der Waals surface area (Å²) in [5.41, 5.74) is 0.903. The predicted octanol–water partition coefficient (Wildman–Crippen LogP) is 2.80. The summed E-state index contributed by atoms with van der Waals surface area (Å²) in [6.07, 6.45) is 4.05. The number of aliphatic hydroxyl groups is 1. The van der Waals surface area contributed by atoms with Gasteiger partial charge in [-0.05, 0) is 43.4 Å². The van der Waals surface area contributed by atoms with Crippen molar-refractivity contribution in [2.45, 2.75) is 36.3 Å². The van der Waals surface area contributed by atoms with Gasteiger partial charge in [0.25, 0.3) is 0 Å². The molecule has 1 aliphatic heterocycles. The zero-order valence-corrected chi connectivity index (χ0v) is 13.3. The Kier molecular flexibility index (Phi) is 5.63. The number of hydrogen-bond donors (Lipinski definition) is 2. The van der Waals surface area contributed by atoms with Gasteiger partial charge in [0.1, 0.15) is 0 Å². The molecule has 0 aliphatic carbocycles. The van der Waals surface area contributed by atoms with Crippen molar-refractivity contribution in [2.24, 2.45) is 0 Å². The minimum Gasteiger partial charge on any atom is -0.388 e. The monoisotopic (exact) mass is 297 g/mol. The molecule has 2 rings (SSSR count). The molecule has 0 bridgehead atoms. The van der Waals surface area contributed by atoms with Crippen molar-refractivity contribution in [3.63, 3.8) is 0 Å². The molecule has 0 aromatic heterocycles. The molecule has 0 spiro atoms. The van der Waals surface area contributed by atoms with Crippen LogP contribution >= 0.6 is 23.5 Å². The molecule has 0 saturated carbocycles. The highest BCUT2D eigenvalue weighted by molar-refractivity contribution is 7.99. The van der Waals surface area contributed by atoms with Crippen LogP contribution in [0.2, 0.25) is 0 Å². The maximum absolute atomic E-state index is 10.3. The van der Waals surface area contributed by atoms with Gasteiger partial charge >= 0.3 is 0 Å². The Morgan fingerprint density at radius 1 is 1.47 bits per heavy atom. The molecule has 2 atom stereocenters.